The van der Waals surface area contributed by atoms with Crippen LogP contribution in [0.2, 0.25) is 5.02 Å². The van der Waals surface area contributed by atoms with Crippen LogP contribution >= 0.6 is 11.6 Å². The van der Waals surface area contributed by atoms with E-state index in [0.29, 0.717) is 29.4 Å². The van der Waals surface area contributed by atoms with Crippen molar-refractivity contribution in [2.45, 2.75) is 43.6 Å². The lowest BCUT2D eigenvalue weighted by Crippen LogP contribution is -2.32. The van der Waals surface area contributed by atoms with Crippen LogP contribution in [0.5, 0.6) is 0 Å². The van der Waals surface area contributed by atoms with E-state index in [1.54, 1.807) is 48.5 Å². The van der Waals surface area contributed by atoms with Gasteiger partial charge in [0.15, 0.2) is 0 Å². The topological polar surface area (TPSA) is 92.8 Å². The average Bonchev–Trinajstić information content (AvgIpc) is 3.20. The Bertz CT molecular complexity index is 1350. The number of carbonyl (C=O) groups excluding carboxylic acids is 2. The number of carbonyl (C=O) groups is 2. The van der Waals surface area contributed by atoms with E-state index in [0.717, 1.165) is 31.2 Å². The minimum Gasteiger partial charge on any atom is -0.444 e. The first-order valence-corrected chi connectivity index (χ1v) is 14.0. The first kappa shape index (κ1) is 26.9. The lowest BCUT2D eigenvalue weighted by molar-refractivity contribution is -0.125. The summed E-state index contributed by atoms with van der Waals surface area (Å²) in [5.41, 5.74) is 1.97. The molecule has 0 aliphatic carbocycles. The third kappa shape index (κ3) is 6.57. The molecule has 0 radical (unpaired) electrons. The van der Waals surface area contributed by atoms with Gasteiger partial charge in [0.2, 0.25) is 16.1 Å². The molecule has 1 heterocycles. The Morgan fingerprint density at radius 3 is 2.19 bits per heavy atom. The van der Waals surface area contributed by atoms with Crippen molar-refractivity contribution in [3.63, 3.8) is 0 Å². The predicted molar refractivity (Wildman–Crippen MR) is 143 cm³/mol. The minimum absolute atomic E-state index is 0.125. The van der Waals surface area contributed by atoms with Gasteiger partial charge in [-0.25, -0.2) is 13.2 Å². The summed E-state index contributed by atoms with van der Waals surface area (Å²) in [7, 11) is -3.64. The van der Waals surface area contributed by atoms with Gasteiger partial charge in [0, 0.05) is 29.4 Å². The quantitative estimate of drug-likeness (QED) is 0.385. The Morgan fingerprint density at radius 2 is 1.57 bits per heavy atom. The molecule has 0 bridgehead atoms. The number of hydrogen-bond donors (Lipinski definition) is 1. The van der Waals surface area contributed by atoms with Crippen molar-refractivity contribution in [1.82, 2.24) is 4.31 Å². The average molecular weight is 541 g/mol. The van der Waals surface area contributed by atoms with Crippen LogP contribution in [0, 0.1) is 6.92 Å². The number of sulfonamides is 1. The molecule has 7 nitrogen and oxygen atoms in total. The van der Waals surface area contributed by atoms with Crippen LogP contribution in [0.4, 0.5) is 5.69 Å². The molecular weight excluding hydrogens is 512 g/mol. The fourth-order valence-electron chi connectivity index (χ4n) is 4.15. The van der Waals surface area contributed by atoms with E-state index in [9.17, 15) is 18.0 Å². The Hall–Kier alpha value is -3.20. The number of halogens is 1. The number of aryl methyl sites for hydroxylation is 1. The van der Waals surface area contributed by atoms with Crippen molar-refractivity contribution in [2.24, 2.45) is 0 Å². The summed E-state index contributed by atoms with van der Waals surface area (Å²) < 4.78 is 33.2. The monoisotopic (exact) mass is 540 g/mol. The molecule has 0 saturated carbocycles. The van der Waals surface area contributed by atoms with E-state index in [2.05, 4.69) is 5.32 Å². The first-order valence-electron chi connectivity index (χ1n) is 12.2. The number of amides is 1. The van der Waals surface area contributed by atoms with Crippen LogP contribution in [0.1, 0.15) is 53.3 Å². The van der Waals surface area contributed by atoms with Crippen LogP contribution in [0.15, 0.2) is 77.7 Å². The molecule has 194 valence electrons. The Morgan fingerprint density at radius 1 is 0.919 bits per heavy atom. The molecule has 1 fully saturated rings. The fraction of sp³-hybridized carbons (Fsp3) is 0.286. The zero-order valence-electron chi connectivity index (χ0n) is 20.5. The molecule has 3 aromatic rings. The van der Waals surface area contributed by atoms with Crippen LogP contribution < -0.4 is 5.32 Å². The molecule has 1 N–H and O–H groups in total. The van der Waals surface area contributed by atoms with Gasteiger partial charge in [-0.15, -0.1) is 0 Å². The van der Waals surface area contributed by atoms with E-state index in [-0.39, 0.29) is 10.5 Å². The van der Waals surface area contributed by atoms with Gasteiger partial charge in [0.1, 0.15) is 0 Å². The molecule has 4 rings (SSSR count). The van der Waals surface area contributed by atoms with E-state index < -0.39 is 28.0 Å². The summed E-state index contributed by atoms with van der Waals surface area (Å²) in [5, 5.41) is 3.25. The first-order chi connectivity index (χ1) is 17.8. The van der Waals surface area contributed by atoms with Crippen molar-refractivity contribution >= 4 is 39.2 Å². The Labute approximate surface area is 222 Å². The minimum atomic E-state index is -3.64. The predicted octanol–water partition coefficient (Wildman–Crippen LogP) is 5.75. The van der Waals surface area contributed by atoms with E-state index >= 15 is 0 Å². The van der Waals surface area contributed by atoms with Crippen molar-refractivity contribution in [3.8, 4) is 0 Å². The lowest BCUT2D eigenvalue weighted by Gasteiger charge is -2.20. The molecule has 37 heavy (non-hydrogen) atoms. The number of esters is 1. The Kier molecular flexibility index (Phi) is 8.63. The number of benzene rings is 3. The molecule has 1 aliphatic heterocycles. The molecule has 1 atom stereocenters. The van der Waals surface area contributed by atoms with Gasteiger partial charge in [-0.2, -0.15) is 4.31 Å². The lowest BCUT2D eigenvalue weighted by atomic mass is 10.1. The van der Waals surface area contributed by atoms with E-state index in [1.807, 2.05) is 6.92 Å². The second-order valence-electron chi connectivity index (χ2n) is 8.99. The molecule has 1 saturated heterocycles. The van der Waals surface area contributed by atoms with Gasteiger partial charge in [0.05, 0.1) is 10.5 Å². The standard InChI is InChI=1S/C28H29ClN2O5S/c1-20-11-14-23(19-25(20)29)30-27(32)26(21-9-5-4-6-10-21)36-28(33)22-12-15-24(16-13-22)37(34,35)31-17-7-2-3-8-18-31/h4-6,9-16,19,26H,2-3,7-8,17-18H2,1H3,(H,30,32). The smallest absolute Gasteiger partial charge is 0.339 e. The summed E-state index contributed by atoms with van der Waals surface area (Å²) in [5.74, 6) is -1.29. The van der Waals surface area contributed by atoms with E-state index in [1.165, 1.54) is 28.6 Å². The molecular formula is C28H29ClN2O5S. The summed E-state index contributed by atoms with van der Waals surface area (Å²) >= 11 is 6.18. The van der Waals surface area contributed by atoms with Gasteiger partial charge in [-0.05, 0) is 61.7 Å². The fourth-order valence-corrected chi connectivity index (χ4v) is 5.85. The largest absolute Gasteiger partial charge is 0.444 e. The second-order valence-corrected chi connectivity index (χ2v) is 11.3. The third-order valence-electron chi connectivity index (χ3n) is 6.30. The summed E-state index contributed by atoms with van der Waals surface area (Å²) in [6.07, 6.45) is 2.48. The van der Waals surface area contributed by atoms with Crippen LogP contribution in [-0.4, -0.2) is 37.7 Å². The highest BCUT2D eigenvalue weighted by Crippen LogP contribution is 2.25. The molecule has 0 aromatic heterocycles. The number of nitrogens with one attached hydrogen (secondary N) is 1. The second kappa shape index (κ2) is 11.9. The van der Waals surface area contributed by atoms with Crippen molar-refractivity contribution in [3.05, 3.63) is 94.5 Å². The third-order valence-corrected chi connectivity index (χ3v) is 8.62. The summed E-state index contributed by atoms with van der Waals surface area (Å²) in [4.78, 5) is 26.3. The van der Waals surface area contributed by atoms with Gasteiger partial charge in [-0.1, -0.05) is 60.8 Å². The zero-order chi connectivity index (χ0) is 26.4. The van der Waals surface area contributed by atoms with Gasteiger partial charge in [-0.3, -0.25) is 4.79 Å². The summed E-state index contributed by atoms with van der Waals surface area (Å²) in [6, 6.07) is 19.4. The maximum Gasteiger partial charge on any atom is 0.339 e. The molecule has 9 heteroatoms. The van der Waals surface area contributed by atoms with E-state index in [4.69, 9.17) is 16.3 Å². The number of anilines is 1. The molecule has 3 aromatic carbocycles. The maximum absolute atomic E-state index is 13.1. The van der Waals surface area contributed by atoms with Gasteiger partial charge in [0.25, 0.3) is 5.91 Å². The Balaban J connectivity index is 1.52. The highest BCUT2D eigenvalue weighted by atomic mass is 35.5. The van der Waals surface area contributed by atoms with Crippen molar-refractivity contribution < 1.29 is 22.7 Å². The molecule has 1 aliphatic rings. The normalized spacial score (nSPS) is 15.4. The maximum atomic E-state index is 13.1. The molecule has 1 unspecified atom stereocenters. The summed E-state index contributed by atoms with van der Waals surface area (Å²) in [6.45, 7) is 2.84. The van der Waals surface area contributed by atoms with Gasteiger partial charge < -0.3 is 10.1 Å². The number of hydrogen-bond acceptors (Lipinski definition) is 5. The number of rotatable bonds is 7. The zero-order valence-corrected chi connectivity index (χ0v) is 22.1. The van der Waals surface area contributed by atoms with Crippen molar-refractivity contribution in [2.75, 3.05) is 18.4 Å². The highest BCUT2D eigenvalue weighted by molar-refractivity contribution is 7.89. The molecule has 0 spiro atoms. The molecule has 1 amide bonds. The number of ether oxygens (including phenoxy) is 1. The van der Waals surface area contributed by atoms with Crippen LogP contribution in [0.25, 0.3) is 0 Å². The van der Waals surface area contributed by atoms with Crippen LogP contribution in [0.3, 0.4) is 0 Å². The van der Waals surface area contributed by atoms with Crippen LogP contribution in [-0.2, 0) is 19.6 Å². The SMILES string of the molecule is Cc1ccc(NC(=O)C(OC(=O)c2ccc(S(=O)(=O)N3CCCCCC3)cc2)c2ccccc2)cc1Cl. The highest BCUT2D eigenvalue weighted by Gasteiger charge is 2.28. The van der Waals surface area contributed by atoms with Crippen molar-refractivity contribution in [1.29, 1.82) is 0 Å². The van der Waals surface area contributed by atoms with Gasteiger partial charge >= 0.3 is 5.97 Å². The number of nitrogens with zero attached hydrogens (tertiary/aromatic N) is 1.